The van der Waals surface area contributed by atoms with Crippen LogP contribution in [0, 0.1) is 13.0 Å². The van der Waals surface area contributed by atoms with Crippen molar-refractivity contribution in [3.05, 3.63) is 84.2 Å². The first-order valence-corrected chi connectivity index (χ1v) is 13.1. The zero-order valence-electron chi connectivity index (χ0n) is 20.0. The molecular formula is C25H14F10I2N2O2. The first-order chi connectivity index (χ1) is 18.8. The van der Waals surface area contributed by atoms with Crippen molar-refractivity contribution in [1.29, 1.82) is 0 Å². The number of halogens is 12. The molecule has 4 nitrogen and oxygen atoms in total. The highest BCUT2D eigenvalue weighted by Crippen LogP contribution is 2.58. The van der Waals surface area contributed by atoms with Gasteiger partial charge >= 0.3 is 23.9 Å². The monoisotopic (exact) mass is 818 g/mol. The molecule has 0 spiro atoms. The van der Waals surface area contributed by atoms with E-state index in [9.17, 15) is 53.5 Å². The van der Waals surface area contributed by atoms with E-state index in [2.05, 4.69) is 10.6 Å². The quantitative estimate of drug-likeness (QED) is 0.195. The van der Waals surface area contributed by atoms with Gasteiger partial charge in [0.25, 0.3) is 11.8 Å². The van der Waals surface area contributed by atoms with Crippen LogP contribution in [0.2, 0.25) is 0 Å². The van der Waals surface area contributed by atoms with Gasteiger partial charge in [0.05, 0.1) is 11.3 Å². The number of amides is 2. The van der Waals surface area contributed by atoms with E-state index in [0.717, 1.165) is 0 Å². The van der Waals surface area contributed by atoms with Gasteiger partial charge in [0.2, 0.25) is 0 Å². The second kappa shape index (κ2) is 11.6. The van der Waals surface area contributed by atoms with Crippen LogP contribution in [0.4, 0.5) is 49.6 Å². The largest absolute Gasteiger partial charge is 0.457 e. The fourth-order valence-corrected chi connectivity index (χ4v) is 5.73. The minimum Gasteiger partial charge on any atom is -0.355 e. The van der Waals surface area contributed by atoms with Crippen molar-refractivity contribution in [2.75, 3.05) is 12.4 Å². The lowest BCUT2D eigenvalue weighted by molar-refractivity contribution is -0.389. The number of carbonyl (C=O) groups excluding carboxylic acids is 2. The molecule has 0 aliphatic rings. The Morgan fingerprint density at radius 3 is 1.83 bits per heavy atom. The van der Waals surface area contributed by atoms with Crippen molar-refractivity contribution in [2.45, 2.75) is 23.9 Å². The van der Waals surface area contributed by atoms with Gasteiger partial charge in [-0.25, -0.2) is 8.78 Å². The van der Waals surface area contributed by atoms with Crippen molar-refractivity contribution in [3.63, 3.8) is 0 Å². The standard InChI is InChI=1S/C25H14F10I2N2O2/c1-38-21(41)15-7-3-6-14(18(15)26)11-4-2-5-12(8-11)20(40)39-19-16(36)9-13(10-17(19)37)22(27,24(30,31)32)23(28,29)25(33,34)35/h2-10H,1H3,(H,38,41)(H,39,40). The molecular weight excluding hydrogens is 804 g/mol. The van der Waals surface area contributed by atoms with Crippen LogP contribution in [0.1, 0.15) is 26.3 Å². The molecule has 0 aliphatic heterocycles. The summed E-state index contributed by atoms with van der Waals surface area (Å²) in [7, 11) is 1.30. The maximum Gasteiger partial charge on any atom is 0.457 e. The highest BCUT2D eigenvalue weighted by Gasteiger charge is 2.81. The summed E-state index contributed by atoms with van der Waals surface area (Å²) in [4.78, 5) is 24.8. The molecule has 2 N–H and O–H groups in total. The highest BCUT2D eigenvalue weighted by atomic mass is 127. The van der Waals surface area contributed by atoms with Gasteiger partial charge in [0.1, 0.15) is 5.82 Å². The van der Waals surface area contributed by atoms with Gasteiger partial charge in [-0.1, -0.05) is 24.3 Å². The molecule has 3 aromatic carbocycles. The van der Waals surface area contributed by atoms with Crippen molar-refractivity contribution in [3.8, 4) is 11.1 Å². The number of benzene rings is 3. The van der Waals surface area contributed by atoms with Crippen molar-refractivity contribution < 1.29 is 53.5 Å². The van der Waals surface area contributed by atoms with Gasteiger partial charge in [-0.15, -0.1) is 0 Å². The zero-order valence-corrected chi connectivity index (χ0v) is 24.4. The van der Waals surface area contributed by atoms with Crippen LogP contribution < -0.4 is 10.6 Å². The Kier molecular flexibility index (Phi) is 9.27. The van der Waals surface area contributed by atoms with Crippen LogP contribution >= 0.6 is 45.2 Å². The number of anilines is 1. The molecule has 3 aromatic rings. The predicted octanol–water partition coefficient (Wildman–Crippen LogP) is 8.24. The maximum absolute atomic E-state index is 15.0. The normalized spacial score (nSPS) is 13.9. The molecule has 0 heterocycles. The number of carbonyl (C=O) groups is 2. The van der Waals surface area contributed by atoms with Gasteiger partial charge in [0.15, 0.2) is 0 Å². The summed E-state index contributed by atoms with van der Waals surface area (Å²) in [6.45, 7) is 0. The van der Waals surface area contributed by atoms with E-state index >= 15 is 0 Å². The van der Waals surface area contributed by atoms with Crippen LogP contribution in [0.15, 0.2) is 54.6 Å². The summed E-state index contributed by atoms with van der Waals surface area (Å²) in [6, 6.07) is 9.49. The molecule has 0 saturated carbocycles. The maximum atomic E-state index is 15.0. The lowest BCUT2D eigenvalue weighted by atomic mass is 9.87. The fourth-order valence-electron chi connectivity index (χ4n) is 3.69. The number of hydrogen-bond donors (Lipinski definition) is 2. The smallest absolute Gasteiger partial charge is 0.355 e. The average molecular weight is 818 g/mol. The third kappa shape index (κ3) is 5.98. The fraction of sp³-hybridized carbons (Fsp3) is 0.200. The molecule has 0 radical (unpaired) electrons. The molecule has 1 unspecified atom stereocenters. The molecule has 0 saturated heterocycles. The Balaban J connectivity index is 2.02. The molecule has 220 valence electrons. The molecule has 1 atom stereocenters. The van der Waals surface area contributed by atoms with Gasteiger partial charge in [-0.2, -0.15) is 35.1 Å². The number of rotatable bonds is 6. The molecule has 16 heteroatoms. The van der Waals surface area contributed by atoms with E-state index in [0.29, 0.717) is 0 Å². The van der Waals surface area contributed by atoms with Gasteiger partial charge in [0, 0.05) is 30.9 Å². The van der Waals surface area contributed by atoms with Crippen LogP contribution in [-0.2, 0) is 5.67 Å². The van der Waals surface area contributed by atoms with E-state index < -0.39 is 54.3 Å². The number of nitrogens with one attached hydrogen (secondary N) is 2. The lowest BCUT2D eigenvalue weighted by Gasteiger charge is -2.36. The summed E-state index contributed by atoms with van der Waals surface area (Å²) in [5.41, 5.74) is -8.76. The molecule has 2 amide bonds. The van der Waals surface area contributed by atoms with Crippen LogP contribution in [0.3, 0.4) is 0 Å². The summed E-state index contributed by atoms with van der Waals surface area (Å²) < 4.78 is 136. The predicted molar refractivity (Wildman–Crippen MR) is 145 cm³/mol. The van der Waals surface area contributed by atoms with Gasteiger partial charge in [-0.05, 0) is 81.1 Å². The Morgan fingerprint density at radius 1 is 0.756 bits per heavy atom. The topological polar surface area (TPSA) is 58.2 Å². The van der Waals surface area contributed by atoms with Crippen molar-refractivity contribution in [1.82, 2.24) is 5.32 Å². The van der Waals surface area contributed by atoms with E-state index in [1.54, 1.807) is 0 Å². The Labute approximate surface area is 252 Å². The van der Waals surface area contributed by atoms with Crippen molar-refractivity contribution >= 4 is 62.7 Å². The second-order valence-corrected chi connectivity index (χ2v) is 10.6. The molecule has 0 aliphatic carbocycles. The highest BCUT2D eigenvalue weighted by molar-refractivity contribution is 14.1. The molecule has 0 fully saturated rings. The average Bonchev–Trinajstić information content (AvgIpc) is 2.88. The second-order valence-electron chi connectivity index (χ2n) is 8.32. The first-order valence-electron chi connectivity index (χ1n) is 10.9. The Hall–Kier alpha value is -2.64. The van der Waals surface area contributed by atoms with Crippen molar-refractivity contribution in [2.24, 2.45) is 0 Å². The summed E-state index contributed by atoms with van der Waals surface area (Å²) in [6.07, 6.45) is -13.6. The van der Waals surface area contributed by atoms with Gasteiger partial charge < -0.3 is 10.6 Å². The molecule has 41 heavy (non-hydrogen) atoms. The molecule has 3 rings (SSSR count). The zero-order chi connectivity index (χ0) is 31.1. The van der Waals surface area contributed by atoms with Crippen LogP contribution in [0.5, 0.6) is 0 Å². The summed E-state index contributed by atoms with van der Waals surface area (Å²) in [5.74, 6) is -9.37. The first kappa shape index (κ1) is 32.9. The SMILES string of the molecule is CNC(=O)c1cccc(-c2cccc(C(=O)Nc3c(I)cc(C(F)(C(F)(F)F)C(F)(F)C(F)(F)F)cc3I)c2)c1F. The minimum atomic E-state index is -6.88. The van der Waals surface area contributed by atoms with E-state index in [4.69, 9.17) is 0 Å². The molecule has 0 bridgehead atoms. The molecule has 0 aromatic heterocycles. The van der Waals surface area contributed by atoms with Crippen LogP contribution in [-0.4, -0.2) is 37.1 Å². The Bertz CT molecular complexity index is 1490. The van der Waals surface area contributed by atoms with Crippen LogP contribution in [0.25, 0.3) is 11.1 Å². The third-order valence-electron chi connectivity index (χ3n) is 5.76. The third-order valence-corrected chi connectivity index (χ3v) is 7.47. The lowest BCUT2D eigenvalue weighted by Crippen LogP contribution is -2.59. The van der Waals surface area contributed by atoms with E-state index in [-0.39, 0.29) is 40.1 Å². The number of alkyl halides is 9. The summed E-state index contributed by atoms with van der Waals surface area (Å²) in [5, 5.41) is 4.57. The Morgan fingerprint density at radius 2 is 1.32 bits per heavy atom. The minimum absolute atomic E-state index is 0.0497. The van der Waals surface area contributed by atoms with E-state index in [1.165, 1.54) is 94.7 Å². The number of hydrogen-bond acceptors (Lipinski definition) is 2. The van der Waals surface area contributed by atoms with Gasteiger partial charge in [-0.3, -0.25) is 9.59 Å². The van der Waals surface area contributed by atoms with E-state index in [1.807, 2.05) is 0 Å². The summed E-state index contributed by atoms with van der Waals surface area (Å²) >= 11 is 2.50.